The molecule has 0 radical (unpaired) electrons. The Balaban J connectivity index is 2.34. The third-order valence-corrected chi connectivity index (χ3v) is 2.69. The van der Waals surface area contributed by atoms with Crippen LogP contribution in [-0.2, 0) is 0 Å². The van der Waals surface area contributed by atoms with Crippen molar-refractivity contribution in [2.24, 2.45) is 5.73 Å². The molecule has 0 bridgehead atoms. The third kappa shape index (κ3) is 2.82. The Kier molecular flexibility index (Phi) is 3.40. The average Bonchev–Trinajstić information content (AvgIpc) is 2.32. The van der Waals surface area contributed by atoms with Crippen molar-refractivity contribution in [2.75, 3.05) is 5.32 Å². The summed E-state index contributed by atoms with van der Waals surface area (Å²) in [6, 6.07) is 16.4. The quantitative estimate of drug-likeness (QED) is 0.793. The molecule has 0 aliphatic rings. The fourth-order valence-corrected chi connectivity index (χ4v) is 1.86. The maximum atomic E-state index is 5.46. The highest BCUT2D eigenvalue weighted by atomic mass is 32.1. The Bertz CT molecular complexity index is 535. The van der Waals surface area contributed by atoms with Crippen LogP contribution in [0.15, 0.2) is 48.5 Å². The number of hydrogen-bond donors (Lipinski definition) is 2. The van der Waals surface area contributed by atoms with Gasteiger partial charge in [0.15, 0.2) is 5.11 Å². The Morgan fingerprint density at radius 1 is 1.06 bits per heavy atom. The summed E-state index contributed by atoms with van der Waals surface area (Å²) in [4.78, 5) is 0. The minimum absolute atomic E-state index is 0.292. The lowest BCUT2D eigenvalue weighted by Gasteiger charge is -2.09. The molecular weight excluding hydrogens is 228 g/mol. The first kappa shape index (κ1) is 11.6. The second-order valence-corrected chi connectivity index (χ2v) is 4.32. The van der Waals surface area contributed by atoms with Crippen LogP contribution in [0.5, 0.6) is 0 Å². The van der Waals surface area contributed by atoms with E-state index in [0.29, 0.717) is 5.11 Å². The van der Waals surface area contributed by atoms with Crippen molar-refractivity contribution in [3.8, 4) is 11.1 Å². The fraction of sp³-hybridized carbons (Fsp3) is 0.0714. The van der Waals surface area contributed by atoms with Crippen molar-refractivity contribution in [3.63, 3.8) is 0 Å². The maximum absolute atomic E-state index is 5.46. The van der Waals surface area contributed by atoms with Crippen molar-refractivity contribution in [3.05, 3.63) is 54.1 Å². The van der Waals surface area contributed by atoms with Gasteiger partial charge in [0.05, 0.1) is 0 Å². The van der Waals surface area contributed by atoms with Gasteiger partial charge in [-0.1, -0.05) is 36.4 Å². The second-order valence-electron chi connectivity index (χ2n) is 3.88. The number of hydrogen-bond acceptors (Lipinski definition) is 1. The SMILES string of the molecule is Cc1cc(-c2ccccc2)ccc1NC(N)=S. The Morgan fingerprint density at radius 2 is 1.76 bits per heavy atom. The minimum atomic E-state index is 0.292. The van der Waals surface area contributed by atoms with Crippen LogP contribution in [0.1, 0.15) is 5.56 Å². The molecule has 0 unspecified atom stereocenters. The molecule has 3 N–H and O–H groups in total. The Hall–Kier alpha value is -1.87. The maximum Gasteiger partial charge on any atom is 0.168 e. The van der Waals surface area contributed by atoms with Gasteiger partial charge in [-0.3, -0.25) is 0 Å². The number of rotatable bonds is 2. The average molecular weight is 242 g/mol. The molecule has 17 heavy (non-hydrogen) atoms. The van der Waals surface area contributed by atoms with E-state index in [-0.39, 0.29) is 0 Å². The second kappa shape index (κ2) is 4.97. The third-order valence-electron chi connectivity index (χ3n) is 2.59. The van der Waals surface area contributed by atoms with Crippen LogP contribution in [0.4, 0.5) is 5.69 Å². The van der Waals surface area contributed by atoms with Crippen LogP contribution in [0, 0.1) is 6.92 Å². The number of nitrogens with one attached hydrogen (secondary N) is 1. The predicted octanol–water partition coefficient (Wildman–Crippen LogP) is 3.32. The molecule has 3 heteroatoms. The molecule has 0 aliphatic carbocycles. The predicted molar refractivity (Wildman–Crippen MR) is 77.0 cm³/mol. The number of thiocarbonyl (C=S) groups is 1. The van der Waals surface area contributed by atoms with Gasteiger partial charge in [-0.2, -0.15) is 0 Å². The number of aryl methyl sites for hydroxylation is 1. The van der Waals surface area contributed by atoms with Crippen molar-refractivity contribution in [1.29, 1.82) is 0 Å². The smallest absolute Gasteiger partial charge is 0.168 e. The van der Waals surface area contributed by atoms with Gasteiger partial charge in [0.2, 0.25) is 0 Å². The molecule has 0 amide bonds. The standard InChI is InChI=1S/C14H14N2S/c1-10-9-12(11-5-3-2-4-6-11)7-8-13(10)16-14(15)17/h2-9H,1H3,(H3,15,16,17). The molecule has 86 valence electrons. The van der Waals surface area contributed by atoms with Gasteiger partial charge in [0.1, 0.15) is 0 Å². The summed E-state index contributed by atoms with van der Waals surface area (Å²) in [5.41, 5.74) is 9.94. The molecule has 0 aromatic heterocycles. The summed E-state index contributed by atoms with van der Waals surface area (Å²) >= 11 is 4.83. The zero-order valence-electron chi connectivity index (χ0n) is 9.60. The summed E-state index contributed by atoms with van der Waals surface area (Å²) in [5.74, 6) is 0. The first-order valence-electron chi connectivity index (χ1n) is 5.39. The normalized spacial score (nSPS) is 9.94. The fourth-order valence-electron chi connectivity index (χ4n) is 1.75. The van der Waals surface area contributed by atoms with Crippen LogP contribution in [-0.4, -0.2) is 5.11 Å². The van der Waals surface area contributed by atoms with Crippen molar-refractivity contribution in [2.45, 2.75) is 6.92 Å². The summed E-state index contributed by atoms with van der Waals surface area (Å²) in [5, 5.41) is 3.25. The van der Waals surface area contributed by atoms with E-state index in [1.54, 1.807) is 0 Å². The molecule has 0 saturated carbocycles. The highest BCUT2D eigenvalue weighted by molar-refractivity contribution is 7.80. The van der Waals surface area contributed by atoms with Gasteiger partial charge in [-0.15, -0.1) is 0 Å². The molecule has 0 spiro atoms. The highest BCUT2D eigenvalue weighted by Crippen LogP contribution is 2.24. The largest absolute Gasteiger partial charge is 0.376 e. The summed E-state index contributed by atoms with van der Waals surface area (Å²) < 4.78 is 0. The molecule has 2 nitrogen and oxygen atoms in total. The van der Waals surface area contributed by atoms with Gasteiger partial charge in [-0.25, -0.2) is 0 Å². The first-order chi connectivity index (χ1) is 8.16. The van der Waals surface area contributed by atoms with Gasteiger partial charge < -0.3 is 11.1 Å². The molecule has 2 aromatic carbocycles. The van der Waals surface area contributed by atoms with E-state index in [4.69, 9.17) is 18.0 Å². The van der Waals surface area contributed by atoms with Gasteiger partial charge in [0, 0.05) is 5.69 Å². The number of anilines is 1. The number of benzene rings is 2. The van der Waals surface area contributed by atoms with Gasteiger partial charge in [-0.05, 0) is 48.0 Å². The monoisotopic (exact) mass is 242 g/mol. The van der Waals surface area contributed by atoms with Crippen LogP contribution in [0.25, 0.3) is 11.1 Å². The zero-order valence-corrected chi connectivity index (χ0v) is 10.4. The van der Waals surface area contributed by atoms with Crippen molar-refractivity contribution >= 4 is 23.0 Å². The molecule has 0 atom stereocenters. The lowest BCUT2D eigenvalue weighted by Crippen LogP contribution is -2.19. The Morgan fingerprint density at radius 3 is 2.35 bits per heavy atom. The molecular formula is C14H14N2S. The summed E-state index contributed by atoms with van der Waals surface area (Å²) in [7, 11) is 0. The molecule has 0 fully saturated rings. The molecule has 2 rings (SSSR count). The van der Waals surface area contributed by atoms with E-state index < -0.39 is 0 Å². The topological polar surface area (TPSA) is 38.0 Å². The molecule has 2 aromatic rings. The van der Waals surface area contributed by atoms with Gasteiger partial charge in [0.25, 0.3) is 0 Å². The molecule has 0 heterocycles. The van der Waals surface area contributed by atoms with E-state index in [2.05, 4.69) is 29.6 Å². The van der Waals surface area contributed by atoms with E-state index in [1.165, 1.54) is 11.1 Å². The van der Waals surface area contributed by atoms with Crippen LogP contribution in [0.3, 0.4) is 0 Å². The van der Waals surface area contributed by atoms with Crippen LogP contribution < -0.4 is 11.1 Å². The summed E-state index contributed by atoms with van der Waals surface area (Å²) in [6.07, 6.45) is 0. The van der Waals surface area contributed by atoms with E-state index in [9.17, 15) is 0 Å². The molecule has 0 aliphatic heterocycles. The highest BCUT2D eigenvalue weighted by Gasteiger charge is 2.02. The van der Waals surface area contributed by atoms with E-state index in [1.807, 2.05) is 31.2 Å². The van der Waals surface area contributed by atoms with Crippen LogP contribution in [0.2, 0.25) is 0 Å². The Labute approximate surface area is 106 Å². The van der Waals surface area contributed by atoms with E-state index in [0.717, 1.165) is 11.3 Å². The van der Waals surface area contributed by atoms with Crippen molar-refractivity contribution in [1.82, 2.24) is 0 Å². The summed E-state index contributed by atoms with van der Waals surface area (Å²) in [6.45, 7) is 2.03. The first-order valence-corrected chi connectivity index (χ1v) is 5.80. The minimum Gasteiger partial charge on any atom is -0.376 e. The lowest BCUT2D eigenvalue weighted by molar-refractivity contribution is 1.44. The van der Waals surface area contributed by atoms with Crippen LogP contribution >= 0.6 is 12.2 Å². The van der Waals surface area contributed by atoms with Gasteiger partial charge >= 0.3 is 0 Å². The van der Waals surface area contributed by atoms with Crippen molar-refractivity contribution < 1.29 is 0 Å². The molecule has 0 saturated heterocycles. The lowest BCUT2D eigenvalue weighted by atomic mass is 10.0. The van der Waals surface area contributed by atoms with E-state index >= 15 is 0 Å². The number of nitrogens with two attached hydrogens (primary N) is 1. The zero-order chi connectivity index (χ0) is 12.3.